The van der Waals surface area contributed by atoms with Crippen LogP contribution in [0.5, 0.6) is 0 Å². The van der Waals surface area contributed by atoms with Gasteiger partial charge < -0.3 is 28.8 Å². The summed E-state index contributed by atoms with van der Waals surface area (Å²) >= 11 is 12.5. The van der Waals surface area contributed by atoms with Gasteiger partial charge in [0.2, 0.25) is 20.0 Å². The number of rotatable bonds is 8. The molecule has 1 fully saturated rings. The highest BCUT2D eigenvalue weighted by Gasteiger charge is 2.52. The second-order valence-corrected chi connectivity index (χ2v) is 24.5. The Morgan fingerprint density at radius 2 is 1.19 bits per heavy atom. The van der Waals surface area contributed by atoms with E-state index in [1.165, 1.54) is 36.7 Å². The van der Waals surface area contributed by atoms with Crippen LogP contribution in [0.4, 0.5) is 11.4 Å². The van der Waals surface area contributed by atoms with Crippen LogP contribution < -0.4 is 19.2 Å². The Labute approximate surface area is 403 Å². The standard InChI is InChI=1S/C17H19BrN2O4S2.C12H12BrIN2O4S.C11H19BO2S/c1-19-17(21)15-11-8-12(18)13(20(2)26(3,22)23)9-14(11)24-16(15)10-4-6-25-7-5-10;1-15-12(17)10-6-4-7(13)8(16(2)21(3,18)19)5-9(6)20-11(10)14;1-10(2)11(3,4)14-12(13-10)9-5-7-15-8-6-9/h4,8-9H,5-7H2,1-3H3,(H,19,21);4-5H,1-3H3,(H,15,17);5H,6-8H2,1-4H3. The summed E-state index contributed by atoms with van der Waals surface area (Å²) in [7, 11) is -0.878. The highest BCUT2D eigenvalue weighted by molar-refractivity contribution is 14.1. The largest absolute Gasteiger partial charge is 0.490 e. The number of anilines is 2. The zero-order valence-electron chi connectivity index (χ0n) is 36.0. The molecule has 0 aliphatic carbocycles. The van der Waals surface area contributed by atoms with E-state index < -0.39 is 20.0 Å². The molecule has 0 saturated carbocycles. The summed E-state index contributed by atoms with van der Waals surface area (Å²) < 4.78 is 74.6. The molecule has 3 aliphatic heterocycles. The van der Waals surface area contributed by atoms with Crippen LogP contribution in [0.1, 0.15) is 67.0 Å². The monoisotopic (exact) mass is 1170 g/mol. The van der Waals surface area contributed by atoms with Gasteiger partial charge in [0.05, 0.1) is 46.2 Å². The lowest BCUT2D eigenvalue weighted by molar-refractivity contribution is 0.00578. The molecule has 0 unspecified atom stereocenters. The van der Waals surface area contributed by atoms with E-state index in [0.29, 0.717) is 62.9 Å². The molecule has 2 N–H and O–H groups in total. The normalized spacial score (nSPS) is 17.3. The highest BCUT2D eigenvalue weighted by atomic mass is 127. The Hall–Kier alpha value is -2.19. The summed E-state index contributed by atoms with van der Waals surface area (Å²) in [5.74, 6) is 4.22. The van der Waals surface area contributed by atoms with Crippen molar-refractivity contribution >= 4 is 156 Å². The Morgan fingerprint density at radius 3 is 1.63 bits per heavy atom. The van der Waals surface area contributed by atoms with E-state index in [-0.39, 0.29) is 30.1 Å². The third-order valence-electron chi connectivity index (χ3n) is 10.9. The molecule has 5 heterocycles. The number of halogens is 3. The number of carbonyl (C=O) groups is 2. The van der Waals surface area contributed by atoms with Crippen LogP contribution in [0, 0.1) is 3.77 Å². The van der Waals surface area contributed by atoms with Gasteiger partial charge in [-0.3, -0.25) is 18.2 Å². The lowest BCUT2D eigenvalue weighted by atomic mass is 9.76. The third kappa shape index (κ3) is 11.2. The maximum absolute atomic E-state index is 12.5. The molecule has 14 nitrogen and oxygen atoms in total. The predicted octanol–water partition coefficient (Wildman–Crippen LogP) is 8.71. The van der Waals surface area contributed by atoms with Crippen LogP contribution in [0.3, 0.4) is 0 Å². The molecule has 7 rings (SSSR count). The lowest BCUT2D eigenvalue weighted by Crippen LogP contribution is -2.41. The average molecular weight is 1170 g/mol. The van der Waals surface area contributed by atoms with Crippen LogP contribution in [0.25, 0.3) is 27.5 Å². The maximum atomic E-state index is 12.5. The van der Waals surface area contributed by atoms with Gasteiger partial charge in [-0.05, 0) is 107 Å². The molecule has 2 aromatic carbocycles. The van der Waals surface area contributed by atoms with Crippen molar-refractivity contribution in [3.8, 4) is 0 Å². The van der Waals surface area contributed by atoms with E-state index in [1.54, 1.807) is 31.3 Å². The van der Waals surface area contributed by atoms with Gasteiger partial charge in [0.1, 0.15) is 16.9 Å². The molecule has 338 valence electrons. The summed E-state index contributed by atoms with van der Waals surface area (Å²) in [4.78, 5) is 24.4. The summed E-state index contributed by atoms with van der Waals surface area (Å²) in [5.41, 5.74) is 4.66. The number of fused-ring (bicyclic) bond motifs is 2. The minimum atomic E-state index is -3.42. The summed E-state index contributed by atoms with van der Waals surface area (Å²) in [5, 5.41) is 6.49. The van der Waals surface area contributed by atoms with E-state index in [2.05, 4.69) is 82.3 Å². The van der Waals surface area contributed by atoms with Crippen LogP contribution in [0.15, 0.2) is 59.7 Å². The highest BCUT2D eigenvalue weighted by Crippen LogP contribution is 2.42. The Kier molecular flexibility index (Phi) is 16.5. The van der Waals surface area contributed by atoms with Gasteiger partial charge in [-0.25, -0.2) is 16.8 Å². The van der Waals surface area contributed by atoms with Crippen LogP contribution in [0.2, 0.25) is 0 Å². The molecule has 0 radical (unpaired) electrons. The Bertz CT molecular complexity index is 2650. The number of furan rings is 2. The predicted molar refractivity (Wildman–Crippen MR) is 270 cm³/mol. The molecule has 62 heavy (non-hydrogen) atoms. The van der Waals surface area contributed by atoms with Crippen molar-refractivity contribution in [2.75, 3.05) is 72.3 Å². The summed E-state index contributed by atoms with van der Waals surface area (Å²) in [6.45, 7) is 8.41. The van der Waals surface area contributed by atoms with Crippen molar-refractivity contribution in [3.63, 3.8) is 0 Å². The summed E-state index contributed by atoms with van der Waals surface area (Å²) in [6, 6.07) is 6.66. The number of thioether (sulfide) groups is 2. The minimum Gasteiger partial charge on any atom is -0.455 e. The fourth-order valence-electron chi connectivity index (χ4n) is 6.42. The fourth-order valence-corrected chi connectivity index (χ4v) is 11.4. The van der Waals surface area contributed by atoms with E-state index in [0.717, 1.165) is 52.5 Å². The topological polar surface area (TPSA) is 178 Å². The smallest absolute Gasteiger partial charge is 0.455 e. The van der Waals surface area contributed by atoms with Crippen LogP contribution in [-0.4, -0.2) is 111 Å². The van der Waals surface area contributed by atoms with Gasteiger partial charge in [0, 0.05) is 94.1 Å². The van der Waals surface area contributed by atoms with Crippen molar-refractivity contribution in [1.29, 1.82) is 0 Å². The number of nitrogens with one attached hydrogen (secondary N) is 2. The van der Waals surface area contributed by atoms with E-state index in [9.17, 15) is 26.4 Å². The fraction of sp³-hybridized carbons (Fsp3) is 0.450. The van der Waals surface area contributed by atoms with Crippen molar-refractivity contribution in [2.45, 2.75) is 51.7 Å². The first-order valence-corrected chi connectivity index (χ1v) is 27.9. The zero-order chi connectivity index (χ0) is 46.1. The summed E-state index contributed by atoms with van der Waals surface area (Å²) in [6.07, 6.45) is 8.52. The van der Waals surface area contributed by atoms with Gasteiger partial charge in [-0.1, -0.05) is 12.2 Å². The first kappa shape index (κ1) is 50.8. The molecule has 22 heteroatoms. The number of hydrogen-bond acceptors (Lipinski definition) is 12. The minimum absolute atomic E-state index is 0.115. The molecule has 0 spiro atoms. The van der Waals surface area contributed by atoms with Crippen LogP contribution >= 0.6 is 78.0 Å². The van der Waals surface area contributed by atoms with Gasteiger partial charge in [-0.2, -0.15) is 23.5 Å². The number of nitrogens with zero attached hydrogens (tertiary/aromatic N) is 2. The Morgan fingerprint density at radius 1 is 0.742 bits per heavy atom. The molecule has 2 aromatic heterocycles. The Balaban J connectivity index is 0.000000182. The zero-order valence-corrected chi connectivity index (χ0v) is 44.6. The van der Waals surface area contributed by atoms with Gasteiger partial charge in [-0.15, -0.1) is 0 Å². The number of benzene rings is 2. The molecular formula is C40H50BBr2IN4O10S4. The van der Waals surface area contributed by atoms with Crippen molar-refractivity contribution in [1.82, 2.24) is 10.6 Å². The quantitative estimate of drug-likeness (QED) is 0.127. The van der Waals surface area contributed by atoms with Crippen molar-refractivity contribution in [2.24, 2.45) is 0 Å². The van der Waals surface area contributed by atoms with E-state index >= 15 is 0 Å². The number of hydrogen-bond donors (Lipinski definition) is 2. The second kappa shape index (κ2) is 20.1. The molecule has 0 bridgehead atoms. The first-order chi connectivity index (χ1) is 28.8. The first-order valence-electron chi connectivity index (χ1n) is 19.2. The lowest BCUT2D eigenvalue weighted by Gasteiger charge is -2.32. The number of sulfonamides is 2. The molecule has 4 aromatic rings. The third-order valence-corrected chi connectivity index (χ3v) is 17.1. The van der Waals surface area contributed by atoms with Crippen molar-refractivity contribution < 1.29 is 44.6 Å². The van der Waals surface area contributed by atoms with E-state index in [1.807, 2.05) is 46.1 Å². The number of carbonyl (C=O) groups excluding carboxylic acids is 2. The molecular weight excluding hydrogens is 1120 g/mol. The van der Waals surface area contributed by atoms with Gasteiger partial charge >= 0.3 is 7.12 Å². The van der Waals surface area contributed by atoms with E-state index in [4.69, 9.17) is 18.1 Å². The average Bonchev–Trinajstić information content (AvgIpc) is 3.82. The molecule has 3 aliphatic rings. The van der Waals surface area contributed by atoms with Gasteiger partial charge in [0.25, 0.3) is 11.8 Å². The van der Waals surface area contributed by atoms with Crippen molar-refractivity contribution in [3.05, 3.63) is 71.5 Å². The molecule has 2 amide bonds. The molecule has 1 saturated heterocycles. The second-order valence-electron chi connectivity index (χ2n) is 15.5. The maximum Gasteiger partial charge on any atom is 0.490 e. The molecule has 0 atom stereocenters. The van der Waals surface area contributed by atoms with Crippen LogP contribution in [-0.2, 0) is 29.4 Å². The SMILES string of the molecule is CC1(C)OB(C2=CCSCC2)OC1(C)C.CNC(=O)c1c(C2=CCSCC2)oc2cc(N(C)S(C)(=O)=O)c(Br)cc12.CNC(=O)c1c(I)oc2cc(N(C)S(C)(=O)=O)c(Br)cc12. The number of amides is 2. The van der Waals surface area contributed by atoms with Gasteiger partial charge in [0.15, 0.2) is 3.77 Å². The number of allylic oxidation sites excluding steroid dienone is 2.